The average Bonchev–Trinajstić information content (AvgIpc) is 1.82. The van der Waals surface area contributed by atoms with Crippen molar-refractivity contribution >= 4 is 0 Å². The highest BCUT2D eigenvalue weighted by Crippen LogP contribution is 2.09. The van der Waals surface area contributed by atoms with Crippen molar-refractivity contribution in [1.29, 1.82) is 0 Å². The zero-order valence-electron chi connectivity index (χ0n) is 8.48. The molecule has 0 spiro atoms. The van der Waals surface area contributed by atoms with E-state index in [1.165, 1.54) is 13.0 Å². The molecule has 2 heteroatoms. The lowest BCUT2D eigenvalue weighted by molar-refractivity contribution is 0.360. The van der Waals surface area contributed by atoms with Gasteiger partial charge in [-0.25, -0.2) is 0 Å². The van der Waals surface area contributed by atoms with Gasteiger partial charge in [0, 0.05) is 19.6 Å². The van der Waals surface area contributed by atoms with Crippen molar-refractivity contribution < 1.29 is 0 Å². The second-order valence-corrected chi connectivity index (χ2v) is 3.73. The topological polar surface area (TPSA) is 15.3 Å². The third-order valence-electron chi connectivity index (χ3n) is 2.39. The minimum atomic E-state index is 1.12. The maximum atomic E-state index is 3.27. The van der Waals surface area contributed by atoms with E-state index in [4.69, 9.17) is 0 Å². The number of rotatable bonds is 4. The highest BCUT2D eigenvalue weighted by atomic mass is 15.1. The quantitative estimate of drug-likeness (QED) is 0.636. The van der Waals surface area contributed by atoms with Crippen molar-refractivity contribution in [2.75, 3.05) is 33.2 Å². The van der Waals surface area contributed by atoms with Crippen molar-refractivity contribution in [3.8, 4) is 0 Å². The molecule has 0 bridgehead atoms. The predicted octanol–water partition coefficient (Wildman–Crippen LogP) is 1.25. The Kier molecular flexibility index (Phi) is 3.76. The van der Waals surface area contributed by atoms with Gasteiger partial charge in [0.2, 0.25) is 0 Å². The van der Waals surface area contributed by atoms with Gasteiger partial charge in [-0.3, -0.25) is 0 Å². The Morgan fingerprint density at radius 3 is 2.58 bits per heavy atom. The minimum Gasteiger partial charge on any atom is -0.309 e. The SMILES string of the molecule is CCCN(C)CC(C)=C1CNC1. The monoisotopic (exact) mass is 168 g/mol. The second-order valence-electron chi connectivity index (χ2n) is 3.73. The predicted molar refractivity (Wildman–Crippen MR) is 53.4 cm³/mol. The first-order chi connectivity index (χ1) is 5.74. The maximum Gasteiger partial charge on any atom is 0.0190 e. The van der Waals surface area contributed by atoms with Crippen molar-refractivity contribution in [1.82, 2.24) is 10.2 Å². The summed E-state index contributed by atoms with van der Waals surface area (Å²) in [7, 11) is 2.19. The molecule has 1 rings (SSSR count). The lowest BCUT2D eigenvalue weighted by Crippen LogP contribution is -2.36. The Morgan fingerprint density at radius 1 is 1.50 bits per heavy atom. The first kappa shape index (κ1) is 9.75. The fraction of sp³-hybridized carbons (Fsp3) is 0.800. The smallest absolute Gasteiger partial charge is 0.0190 e. The van der Waals surface area contributed by atoms with Gasteiger partial charge < -0.3 is 10.2 Å². The average molecular weight is 168 g/mol. The van der Waals surface area contributed by atoms with E-state index >= 15 is 0 Å². The van der Waals surface area contributed by atoms with E-state index in [0.717, 1.165) is 19.6 Å². The van der Waals surface area contributed by atoms with E-state index in [1.54, 1.807) is 11.1 Å². The summed E-state index contributed by atoms with van der Waals surface area (Å²) in [6.45, 7) is 9.06. The summed E-state index contributed by atoms with van der Waals surface area (Å²) in [6, 6.07) is 0. The van der Waals surface area contributed by atoms with Gasteiger partial charge in [0.15, 0.2) is 0 Å². The lowest BCUT2D eigenvalue weighted by atomic mass is 10.0. The summed E-state index contributed by atoms with van der Waals surface area (Å²) in [5, 5.41) is 3.27. The molecule has 0 radical (unpaired) electrons. The molecular weight excluding hydrogens is 148 g/mol. The largest absolute Gasteiger partial charge is 0.309 e. The number of nitrogens with zero attached hydrogens (tertiary/aromatic N) is 1. The standard InChI is InChI=1S/C10H20N2/c1-4-5-12(3)8-9(2)10-6-11-7-10/h11H,4-8H2,1-3H3. The van der Waals surface area contributed by atoms with Gasteiger partial charge in [-0.05, 0) is 32.5 Å². The van der Waals surface area contributed by atoms with Crippen LogP contribution >= 0.6 is 0 Å². The van der Waals surface area contributed by atoms with Crippen molar-refractivity contribution in [3.05, 3.63) is 11.1 Å². The van der Waals surface area contributed by atoms with Crippen LogP contribution in [0.15, 0.2) is 11.1 Å². The van der Waals surface area contributed by atoms with E-state index in [-0.39, 0.29) is 0 Å². The van der Waals surface area contributed by atoms with Crippen LogP contribution in [-0.4, -0.2) is 38.1 Å². The molecule has 0 atom stereocenters. The second kappa shape index (κ2) is 4.63. The van der Waals surface area contributed by atoms with Gasteiger partial charge in [0.05, 0.1) is 0 Å². The van der Waals surface area contributed by atoms with Crippen LogP contribution in [0.5, 0.6) is 0 Å². The number of hydrogen-bond acceptors (Lipinski definition) is 2. The Morgan fingerprint density at radius 2 is 2.17 bits per heavy atom. The van der Waals surface area contributed by atoms with Crippen molar-refractivity contribution in [2.24, 2.45) is 0 Å². The number of nitrogens with one attached hydrogen (secondary N) is 1. The molecule has 1 heterocycles. The molecule has 2 nitrogen and oxygen atoms in total. The summed E-state index contributed by atoms with van der Waals surface area (Å²) in [5.41, 5.74) is 3.17. The molecule has 0 amide bonds. The lowest BCUT2D eigenvalue weighted by Gasteiger charge is -2.24. The summed E-state index contributed by atoms with van der Waals surface area (Å²) in [4.78, 5) is 2.39. The molecule has 1 saturated heterocycles. The molecule has 12 heavy (non-hydrogen) atoms. The van der Waals surface area contributed by atoms with Crippen LogP contribution in [0.25, 0.3) is 0 Å². The molecule has 70 valence electrons. The molecule has 1 aliphatic heterocycles. The molecule has 1 fully saturated rings. The van der Waals surface area contributed by atoms with Crippen LogP contribution < -0.4 is 5.32 Å². The summed E-state index contributed by atoms with van der Waals surface area (Å²) in [6.07, 6.45) is 1.25. The van der Waals surface area contributed by atoms with Gasteiger partial charge >= 0.3 is 0 Å². The molecule has 1 N–H and O–H groups in total. The van der Waals surface area contributed by atoms with Crippen LogP contribution in [-0.2, 0) is 0 Å². The minimum absolute atomic E-state index is 1.12. The fourth-order valence-corrected chi connectivity index (χ4v) is 1.53. The molecular formula is C10H20N2. The molecule has 0 saturated carbocycles. The first-order valence-electron chi connectivity index (χ1n) is 4.80. The van der Waals surface area contributed by atoms with Crippen molar-refractivity contribution in [2.45, 2.75) is 20.3 Å². The Hall–Kier alpha value is -0.340. The molecule has 0 aromatic heterocycles. The van der Waals surface area contributed by atoms with E-state index in [1.807, 2.05) is 0 Å². The normalized spacial score (nSPS) is 16.5. The van der Waals surface area contributed by atoms with E-state index in [9.17, 15) is 0 Å². The molecule has 0 aliphatic carbocycles. The van der Waals surface area contributed by atoms with E-state index in [0.29, 0.717) is 0 Å². The van der Waals surface area contributed by atoms with E-state index < -0.39 is 0 Å². The first-order valence-corrected chi connectivity index (χ1v) is 4.80. The van der Waals surface area contributed by atoms with Crippen molar-refractivity contribution in [3.63, 3.8) is 0 Å². The maximum absolute atomic E-state index is 3.27. The van der Waals surface area contributed by atoms with Crippen LogP contribution in [0.1, 0.15) is 20.3 Å². The van der Waals surface area contributed by atoms with Gasteiger partial charge in [0.25, 0.3) is 0 Å². The molecule has 0 aromatic carbocycles. The van der Waals surface area contributed by atoms with Crippen LogP contribution in [0.4, 0.5) is 0 Å². The Labute approximate surface area is 75.6 Å². The molecule has 0 unspecified atom stereocenters. The Bertz CT molecular complexity index is 167. The van der Waals surface area contributed by atoms with Crippen LogP contribution in [0.2, 0.25) is 0 Å². The fourth-order valence-electron chi connectivity index (χ4n) is 1.53. The van der Waals surface area contributed by atoms with Gasteiger partial charge in [-0.1, -0.05) is 12.5 Å². The zero-order valence-corrected chi connectivity index (χ0v) is 8.48. The summed E-state index contributed by atoms with van der Waals surface area (Å²) < 4.78 is 0. The summed E-state index contributed by atoms with van der Waals surface area (Å²) in [5.74, 6) is 0. The van der Waals surface area contributed by atoms with Gasteiger partial charge in [-0.15, -0.1) is 0 Å². The van der Waals surface area contributed by atoms with Crippen LogP contribution in [0, 0.1) is 0 Å². The Balaban J connectivity index is 2.29. The third kappa shape index (κ3) is 2.61. The number of likely N-dealkylation sites (N-methyl/N-ethyl adjacent to an activating group) is 1. The number of hydrogen-bond donors (Lipinski definition) is 1. The zero-order chi connectivity index (χ0) is 8.97. The summed E-state index contributed by atoms with van der Waals surface area (Å²) >= 11 is 0. The third-order valence-corrected chi connectivity index (χ3v) is 2.39. The molecule has 1 aliphatic rings. The highest BCUT2D eigenvalue weighted by molar-refractivity contribution is 5.22. The van der Waals surface area contributed by atoms with Gasteiger partial charge in [0.1, 0.15) is 0 Å². The van der Waals surface area contributed by atoms with Crippen LogP contribution in [0.3, 0.4) is 0 Å². The van der Waals surface area contributed by atoms with E-state index in [2.05, 4.69) is 31.1 Å². The highest BCUT2D eigenvalue weighted by Gasteiger charge is 2.11. The van der Waals surface area contributed by atoms with Gasteiger partial charge in [-0.2, -0.15) is 0 Å². The molecule has 0 aromatic rings.